The number of carbonyl (C=O) groups is 2. The average Bonchev–Trinajstić information content (AvgIpc) is 3.38. The third-order valence-corrected chi connectivity index (χ3v) is 8.41. The summed E-state index contributed by atoms with van der Waals surface area (Å²) in [6, 6.07) is 5.54. The van der Waals surface area contributed by atoms with Crippen LogP contribution in [0.1, 0.15) is 93.2 Å². The van der Waals surface area contributed by atoms with Crippen LogP contribution in [0, 0.1) is 24.2 Å². The van der Waals surface area contributed by atoms with Crippen LogP contribution in [0.4, 0.5) is 5.69 Å². The van der Waals surface area contributed by atoms with Crippen LogP contribution in [0.2, 0.25) is 5.02 Å². The zero-order valence-electron chi connectivity index (χ0n) is 22.2. The van der Waals surface area contributed by atoms with E-state index >= 15 is 0 Å². The quantitative estimate of drug-likeness (QED) is 0.425. The number of amides is 1. The first-order valence-corrected chi connectivity index (χ1v) is 13.9. The molecule has 0 bridgehead atoms. The molecule has 5 rings (SSSR count). The van der Waals surface area contributed by atoms with Crippen molar-refractivity contribution in [1.29, 1.82) is 0 Å². The number of nitrogens with one attached hydrogen (secondary N) is 1. The maximum absolute atomic E-state index is 13.5. The van der Waals surface area contributed by atoms with Gasteiger partial charge in [0.15, 0.2) is 0 Å². The molecular weight excluding hydrogens is 490 g/mol. The van der Waals surface area contributed by atoms with Crippen LogP contribution in [-0.2, 0) is 9.59 Å². The van der Waals surface area contributed by atoms with Gasteiger partial charge in [-0.15, -0.1) is 0 Å². The summed E-state index contributed by atoms with van der Waals surface area (Å²) in [5, 5.41) is 17.5. The van der Waals surface area contributed by atoms with Crippen molar-refractivity contribution in [2.45, 2.75) is 77.6 Å². The maximum atomic E-state index is 13.5. The van der Waals surface area contributed by atoms with Gasteiger partial charge in [-0.05, 0) is 74.0 Å². The van der Waals surface area contributed by atoms with Crippen LogP contribution in [-0.4, -0.2) is 46.7 Å². The number of aryl methyl sites for hydroxylation is 1. The largest absolute Gasteiger partial charge is 0.480 e. The number of anilines is 1. The molecule has 1 aliphatic heterocycles. The lowest BCUT2D eigenvalue weighted by Gasteiger charge is -2.38. The van der Waals surface area contributed by atoms with Crippen LogP contribution in [0.5, 0.6) is 0 Å². The number of hydrogen-bond acceptors (Lipinski definition) is 5. The molecule has 2 unspecified atom stereocenters. The third kappa shape index (κ3) is 5.88. The lowest BCUT2D eigenvalue weighted by molar-refractivity contribution is -0.138. The third-order valence-electron chi connectivity index (χ3n) is 8.10. The number of carboxylic acids is 1. The molecule has 2 N–H and O–H groups in total. The number of nitrogens with zero attached hydrogens (tertiary/aromatic N) is 2. The van der Waals surface area contributed by atoms with Crippen molar-refractivity contribution >= 4 is 29.2 Å². The Hall–Kier alpha value is -2.38. The molecule has 2 aromatic rings. The highest BCUT2D eigenvalue weighted by Crippen LogP contribution is 2.54. The molecule has 0 radical (unpaired) electrons. The molecule has 2 atom stereocenters. The van der Waals surface area contributed by atoms with Crippen LogP contribution in [0.15, 0.2) is 22.7 Å². The summed E-state index contributed by atoms with van der Waals surface area (Å²) in [7, 11) is 0. The van der Waals surface area contributed by atoms with Crippen LogP contribution < -0.4 is 5.32 Å². The first-order chi connectivity index (χ1) is 17.5. The highest BCUT2D eigenvalue weighted by molar-refractivity contribution is 6.33. The number of aliphatic carboxylic acids is 1. The highest BCUT2D eigenvalue weighted by Gasteiger charge is 2.47. The summed E-state index contributed by atoms with van der Waals surface area (Å²) in [6.45, 7) is 9.54. The number of rotatable bonds is 8. The molecule has 2 saturated carbocycles. The number of carbonyl (C=O) groups excluding carboxylic acids is 1. The summed E-state index contributed by atoms with van der Waals surface area (Å²) < 4.78 is 6.05. The fourth-order valence-electron chi connectivity index (χ4n) is 6.34. The number of hydrogen-bond donors (Lipinski definition) is 2. The predicted molar refractivity (Wildman–Crippen MR) is 143 cm³/mol. The van der Waals surface area contributed by atoms with E-state index in [0.717, 1.165) is 42.7 Å². The fourth-order valence-corrected chi connectivity index (χ4v) is 6.63. The standard InChI is InChI=1S/C29H38ClN3O4/c1-16-5-8-23(22(30)9-16)31-28(36)21-14-33(15-24(34)35)13-20(21)26-25(18-6-7-18)27(37-32-26)19-10-17(11-19)12-29(2,3)4/h5,8-9,17-21H,6-7,10-15H2,1-4H3,(H,31,36)(H,34,35)/t17-,19+,20?,21?. The van der Waals surface area contributed by atoms with Crippen molar-refractivity contribution in [3.63, 3.8) is 0 Å². The van der Waals surface area contributed by atoms with Gasteiger partial charge >= 0.3 is 5.97 Å². The van der Waals surface area contributed by atoms with Gasteiger partial charge in [-0.25, -0.2) is 0 Å². The minimum Gasteiger partial charge on any atom is -0.480 e. The maximum Gasteiger partial charge on any atom is 0.317 e. The van der Waals surface area contributed by atoms with Gasteiger partial charge in [-0.1, -0.05) is 43.6 Å². The molecule has 7 nitrogen and oxygen atoms in total. The minimum atomic E-state index is -0.899. The first-order valence-electron chi connectivity index (χ1n) is 13.5. The molecule has 3 fully saturated rings. The van der Waals surface area contributed by atoms with Crippen LogP contribution >= 0.6 is 11.6 Å². The minimum absolute atomic E-state index is 0.105. The second kappa shape index (κ2) is 10.1. The molecule has 1 aromatic heterocycles. The van der Waals surface area contributed by atoms with Crippen molar-refractivity contribution in [1.82, 2.24) is 10.1 Å². The Kier molecular flexibility index (Phi) is 7.14. The average molecular weight is 528 g/mol. The van der Waals surface area contributed by atoms with Crippen molar-refractivity contribution in [2.24, 2.45) is 17.3 Å². The molecule has 1 amide bonds. The Bertz CT molecular complexity index is 1180. The summed E-state index contributed by atoms with van der Waals surface area (Å²) in [6.07, 6.45) is 5.68. The Balaban J connectivity index is 1.39. The monoisotopic (exact) mass is 527 g/mol. The number of carboxylic acid groups (broad SMARTS) is 1. The second-order valence-corrected chi connectivity index (χ2v) is 13.1. The zero-order valence-corrected chi connectivity index (χ0v) is 23.0. The van der Waals surface area contributed by atoms with Crippen molar-refractivity contribution in [2.75, 3.05) is 25.0 Å². The van der Waals surface area contributed by atoms with Gasteiger partial charge in [0.05, 0.1) is 28.9 Å². The van der Waals surface area contributed by atoms with E-state index in [4.69, 9.17) is 16.1 Å². The van der Waals surface area contributed by atoms with Gasteiger partial charge in [0, 0.05) is 30.5 Å². The Morgan fingerprint density at radius 1 is 1.19 bits per heavy atom. The van der Waals surface area contributed by atoms with Gasteiger partial charge in [0.1, 0.15) is 5.76 Å². The molecule has 37 heavy (non-hydrogen) atoms. The Labute approximate surface area is 223 Å². The molecule has 1 aromatic carbocycles. The zero-order chi connectivity index (χ0) is 26.5. The molecular formula is C29H38ClN3O4. The van der Waals surface area contributed by atoms with Crippen molar-refractivity contribution in [3.05, 3.63) is 45.8 Å². The van der Waals surface area contributed by atoms with Gasteiger partial charge in [0.25, 0.3) is 0 Å². The lowest BCUT2D eigenvalue weighted by Crippen LogP contribution is -2.31. The molecule has 2 heterocycles. The Morgan fingerprint density at radius 3 is 2.54 bits per heavy atom. The number of likely N-dealkylation sites (tertiary alicyclic amines) is 1. The van der Waals surface area contributed by atoms with Crippen molar-refractivity contribution in [3.8, 4) is 0 Å². The highest BCUT2D eigenvalue weighted by atomic mass is 35.5. The van der Waals surface area contributed by atoms with Crippen molar-refractivity contribution < 1.29 is 19.2 Å². The molecule has 3 aliphatic rings. The second-order valence-electron chi connectivity index (χ2n) is 12.7. The van der Waals surface area contributed by atoms with E-state index < -0.39 is 11.9 Å². The van der Waals surface area contributed by atoms with E-state index in [1.165, 1.54) is 12.0 Å². The van der Waals surface area contributed by atoms with Gasteiger partial charge < -0.3 is 14.9 Å². The summed E-state index contributed by atoms with van der Waals surface area (Å²) in [4.78, 5) is 26.9. The van der Waals surface area contributed by atoms with Gasteiger partial charge in [-0.2, -0.15) is 0 Å². The van der Waals surface area contributed by atoms with Gasteiger partial charge in [0.2, 0.25) is 5.91 Å². The first kappa shape index (κ1) is 26.2. The molecule has 1 saturated heterocycles. The number of halogens is 1. The summed E-state index contributed by atoms with van der Waals surface area (Å²) in [5.74, 6) is 0.819. The normalized spacial score (nSPS) is 26.2. The number of aromatic nitrogens is 1. The topological polar surface area (TPSA) is 95.7 Å². The molecule has 200 valence electrons. The van der Waals surface area contributed by atoms with E-state index in [1.807, 2.05) is 30.0 Å². The van der Waals surface area contributed by atoms with Crippen LogP contribution in [0.25, 0.3) is 0 Å². The van der Waals surface area contributed by atoms with E-state index in [9.17, 15) is 14.7 Å². The Morgan fingerprint density at radius 2 is 1.92 bits per heavy atom. The predicted octanol–water partition coefficient (Wildman–Crippen LogP) is 6.18. The summed E-state index contributed by atoms with van der Waals surface area (Å²) >= 11 is 6.39. The SMILES string of the molecule is Cc1ccc(NC(=O)C2CN(CC(=O)O)CC2c2noc([C@H]3C[C@@H](CC(C)(C)C)C3)c2C2CC2)c(Cl)c1. The lowest BCUT2D eigenvalue weighted by atomic mass is 9.66. The molecule has 2 aliphatic carbocycles. The number of benzene rings is 1. The summed E-state index contributed by atoms with van der Waals surface area (Å²) in [5.41, 5.74) is 3.96. The van der Waals surface area contributed by atoms with E-state index in [0.29, 0.717) is 47.0 Å². The smallest absolute Gasteiger partial charge is 0.317 e. The fraction of sp³-hybridized carbons (Fsp3) is 0.621. The van der Waals surface area contributed by atoms with Crippen LogP contribution in [0.3, 0.4) is 0 Å². The van der Waals surface area contributed by atoms with Gasteiger partial charge in [-0.3, -0.25) is 14.5 Å². The molecule has 8 heteroatoms. The van der Waals surface area contributed by atoms with E-state index in [-0.39, 0.29) is 18.4 Å². The van der Waals surface area contributed by atoms with E-state index in [2.05, 4.69) is 31.2 Å². The molecule has 0 spiro atoms. The van der Waals surface area contributed by atoms with E-state index in [1.54, 1.807) is 0 Å².